The second kappa shape index (κ2) is 9.24. The maximum atomic E-state index is 9.08. The lowest BCUT2D eigenvalue weighted by molar-refractivity contribution is -0.972. The van der Waals surface area contributed by atoms with Crippen molar-refractivity contribution in [2.45, 2.75) is 90.1 Å². The van der Waals surface area contributed by atoms with Crippen LogP contribution in [0, 0.1) is 0 Å². The third-order valence-corrected chi connectivity index (χ3v) is 5.78. The first-order chi connectivity index (χ1) is 10.3. The van der Waals surface area contributed by atoms with E-state index in [-0.39, 0.29) is 0 Å². The fourth-order valence-electron chi connectivity index (χ4n) is 4.75. The molecule has 4 nitrogen and oxygen atoms in total. The molecule has 0 aromatic heterocycles. The van der Waals surface area contributed by atoms with Crippen LogP contribution in [0.25, 0.3) is 0 Å². The van der Waals surface area contributed by atoms with Crippen molar-refractivity contribution in [2.75, 3.05) is 19.3 Å². The van der Waals surface area contributed by atoms with Gasteiger partial charge in [-0.2, -0.15) is 0 Å². The largest absolute Gasteiger partial charge is 0.748 e. The molecule has 0 atom stereocenters. The van der Waals surface area contributed by atoms with Crippen molar-refractivity contribution in [3.05, 3.63) is 0 Å². The molecule has 132 valence electrons. The topological polar surface area (TPSA) is 57.2 Å². The molecule has 0 radical (unpaired) electrons. The average Bonchev–Trinajstić information content (AvgIpc) is 2.50. The number of rotatable bonds is 4. The van der Waals surface area contributed by atoms with Crippen LogP contribution in [0.5, 0.6) is 0 Å². The number of hydrogen-bond donors (Lipinski definition) is 0. The third-order valence-electron chi connectivity index (χ3n) is 5.78. The van der Waals surface area contributed by atoms with Gasteiger partial charge in [0.15, 0.2) is 0 Å². The van der Waals surface area contributed by atoms with Gasteiger partial charge in [-0.15, -0.1) is 0 Å². The highest BCUT2D eigenvalue weighted by Gasteiger charge is 2.41. The van der Waals surface area contributed by atoms with E-state index in [1.54, 1.807) is 0 Å². The molecule has 2 aliphatic rings. The van der Waals surface area contributed by atoms with E-state index in [4.69, 9.17) is 13.0 Å². The molecule has 2 saturated carbocycles. The molecule has 0 saturated heterocycles. The summed E-state index contributed by atoms with van der Waals surface area (Å²) in [6.45, 7) is 7.66. The maximum Gasteiger partial charge on any atom is 0.0916 e. The first-order valence-corrected chi connectivity index (χ1v) is 10.9. The van der Waals surface area contributed by atoms with Gasteiger partial charge in [0.1, 0.15) is 0 Å². The lowest BCUT2D eigenvalue weighted by Crippen LogP contribution is -2.62. The molecule has 5 heteroatoms. The van der Waals surface area contributed by atoms with Crippen LogP contribution in [0.15, 0.2) is 0 Å². The quantitative estimate of drug-likeness (QED) is 0.582. The summed E-state index contributed by atoms with van der Waals surface area (Å²) >= 11 is 0. The van der Waals surface area contributed by atoms with Crippen LogP contribution in [0.4, 0.5) is 0 Å². The van der Waals surface area contributed by atoms with Crippen molar-refractivity contribution in [2.24, 2.45) is 0 Å². The van der Waals surface area contributed by atoms with Crippen LogP contribution in [0.2, 0.25) is 0 Å². The van der Waals surface area contributed by atoms with Crippen molar-refractivity contribution in [3.8, 4) is 0 Å². The molecule has 0 unspecified atom stereocenters. The van der Waals surface area contributed by atoms with Gasteiger partial charge in [-0.1, -0.05) is 12.8 Å². The summed E-state index contributed by atoms with van der Waals surface area (Å²) in [7, 11) is -3.92. The second-order valence-corrected chi connectivity index (χ2v) is 8.43. The Bertz CT molecular complexity index is 364. The van der Waals surface area contributed by atoms with Crippen LogP contribution in [-0.2, 0) is 10.1 Å². The molecule has 0 aromatic rings. The Morgan fingerprint density at radius 1 is 0.818 bits per heavy atom. The summed E-state index contributed by atoms with van der Waals surface area (Å²) in [4.78, 5) is 0. The molecule has 0 heterocycles. The zero-order valence-electron chi connectivity index (χ0n) is 14.7. The highest BCUT2D eigenvalue weighted by atomic mass is 32.2. The molecule has 2 rings (SSSR count). The fraction of sp³-hybridized carbons (Fsp3) is 1.00. The lowest BCUT2D eigenvalue weighted by atomic mass is 9.85. The molecule has 0 aliphatic heterocycles. The second-order valence-electron chi connectivity index (χ2n) is 7.02. The van der Waals surface area contributed by atoms with Crippen LogP contribution in [0.1, 0.15) is 78.1 Å². The smallest absolute Gasteiger partial charge is 0.0916 e. The lowest BCUT2D eigenvalue weighted by Gasteiger charge is -2.51. The van der Waals surface area contributed by atoms with Crippen LogP contribution < -0.4 is 0 Å². The minimum atomic E-state index is -3.92. The first-order valence-electron chi connectivity index (χ1n) is 9.10. The number of quaternary nitrogens is 1. The van der Waals surface area contributed by atoms with Crippen LogP contribution in [0.3, 0.4) is 0 Å². The van der Waals surface area contributed by atoms with Crippen molar-refractivity contribution >= 4 is 10.1 Å². The Morgan fingerprint density at radius 2 is 1.09 bits per heavy atom. The monoisotopic (exact) mass is 333 g/mol. The number of nitrogens with zero attached hydrogens (tertiary/aromatic N) is 1. The van der Waals surface area contributed by atoms with Gasteiger partial charge < -0.3 is 9.04 Å². The van der Waals surface area contributed by atoms with Gasteiger partial charge in [-0.3, -0.25) is 0 Å². The van der Waals surface area contributed by atoms with E-state index in [1.165, 1.54) is 81.8 Å². The maximum absolute atomic E-state index is 9.08. The van der Waals surface area contributed by atoms with Crippen molar-refractivity contribution in [3.63, 3.8) is 0 Å². The average molecular weight is 334 g/mol. The minimum Gasteiger partial charge on any atom is -0.748 e. The molecular formula is C17H35NO3S. The SMILES string of the molecule is CC[N+](CC)(C1CCCCC1)C1CCCCC1.CS(=O)(=O)[O-]. The summed E-state index contributed by atoms with van der Waals surface area (Å²) < 4.78 is 28.7. The standard InChI is InChI=1S/C16H32N.CH4O3S/c1-3-17(4-2,15-11-7-5-8-12-15)16-13-9-6-10-14-16;1-5(2,3)4/h15-16H,3-14H2,1-2H3;1H3,(H,2,3,4)/q+1;/p-1. The molecule has 0 N–H and O–H groups in total. The van der Waals surface area contributed by atoms with E-state index in [0.717, 1.165) is 12.1 Å². The zero-order valence-corrected chi connectivity index (χ0v) is 15.5. The van der Waals surface area contributed by atoms with Gasteiger partial charge in [0.05, 0.1) is 35.3 Å². The minimum absolute atomic E-state index is 0.604. The van der Waals surface area contributed by atoms with E-state index in [1.807, 2.05) is 0 Å². The highest BCUT2D eigenvalue weighted by Crippen LogP contribution is 2.36. The predicted molar refractivity (Wildman–Crippen MR) is 90.7 cm³/mol. The van der Waals surface area contributed by atoms with Crippen LogP contribution >= 0.6 is 0 Å². The van der Waals surface area contributed by atoms with E-state index >= 15 is 0 Å². The van der Waals surface area contributed by atoms with Gasteiger partial charge >= 0.3 is 0 Å². The zero-order chi connectivity index (χ0) is 16.6. The van der Waals surface area contributed by atoms with Gasteiger partial charge in [0.2, 0.25) is 0 Å². The summed E-state index contributed by atoms with van der Waals surface area (Å²) in [5.41, 5.74) is 0. The molecule has 0 aromatic carbocycles. The molecular weight excluding hydrogens is 298 g/mol. The Kier molecular flexibility index (Phi) is 8.36. The molecule has 2 fully saturated rings. The van der Waals surface area contributed by atoms with E-state index in [2.05, 4.69) is 13.8 Å². The Labute approximate surface area is 137 Å². The van der Waals surface area contributed by atoms with E-state index < -0.39 is 10.1 Å². The molecule has 22 heavy (non-hydrogen) atoms. The molecule has 2 aliphatic carbocycles. The molecule has 0 amide bonds. The third kappa shape index (κ3) is 6.17. The van der Waals surface area contributed by atoms with Crippen LogP contribution in [-0.4, -0.2) is 48.9 Å². The van der Waals surface area contributed by atoms with Gasteiger partial charge in [0, 0.05) is 6.26 Å². The van der Waals surface area contributed by atoms with Gasteiger partial charge in [-0.25, -0.2) is 8.42 Å². The summed E-state index contributed by atoms with van der Waals surface area (Å²) in [6, 6.07) is 2.00. The van der Waals surface area contributed by atoms with Crippen molar-refractivity contribution in [1.29, 1.82) is 0 Å². The number of hydrogen-bond acceptors (Lipinski definition) is 3. The van der Waals surface area contributed by atoms with Gasteiger partial charge in [-0.05, 0) is 65.2 Å². The predicted octanol–water partition coefficient (Wildman–Crippen LogP) is 3.67. The molecule has 0 bridgehead atoms. The van der Waals surface area contributed by atoms with E-state index in [9.17, 15) is 0 Å². The van der Waals surface area contributed by atoms with E-state index in [0.29, 0.717) is 6.26 Å². The van der Waals surface area contributed by atoms with Crippen molar-refractivity contribution in [1.82, 2.24) is 0 Å². The van der Waals surface area contributed by atoms with Crippen molar-refractivity contribution < 1.29 is 17.5 Å². The van der Waals surface area contributed by atoms with Gasteiger partial charge in [0.25, 0.3) is 0 Å². The fourth-order valence-corrected chi connectivity index (χ4v) is 4.75. The Morgan fingerprint density at radius 3 is 1.32 bits per heavy atom. The summed E-state index contributed by atoms with van der Waals surface area (Å²) in [5.74, 6) is 0. The summed E-state index contributed by atoms with van der Waals surface area (Å²) in [6.07, 6.45) is 15.6. The summed E-state index contributed by atoms with van der Waals surface area (Å²) in [5, 5.41) is 0. The molecule has 0 spiro atoms. The highest BCUT2D eigenvalue weighted by molar-refractivity contribution is 7.84. The Balaban J connectivity index is 0.000000422. The Hall–Kier alpha value is -0.130. The normalized spacial score (nSPS) is 22.0. The first kappa shape index (κ1) is 19.9.